The number of amides is 2. The Morgan fingerprint density at radius 1 is 1.00 bits per heavy atom. The summed E-state index contributed by atoms with van der Waals surface area (Å²) in [7, 11) is 1.35. The van der Waals surface area contributed by atoms with Crippen molar-refractivity contribution in [3.63, 3.8) is 0 Å². The van der Waals surface area contributed by atoms with Crippen LogP contribution in [-0.2, 0) is 20.7 Å². The number of ether oxygens (including phenoxy) is 1. The average molecular weight is 504 g/mol. The van der Waals surface area contributed by atoms with Gasteiger partial charge in [-0.2, -0.15) is 11.8 Å². The van der Waals surface area contributed by atoms with Crippen LogP contribution in [0.3, 0.4) is 0 Å². The van der Waals surface area contributed by atoms with Gasteiger partial charge >= 0.3 is 5.97 Å². The predicted molar refractivity (Wildman–Crippen MR) is 137 cm³/mol. The van der Waals surface area contributed by atoms with E-state index in [1.165, 1.54) is 24.4 Å². The molecule has 2 aromatic carbocycles. The van der Waals surface area contributed by atoms with Crippen molar-refractivity contribution in [2.24, 2.45) is 0 Å². The van der Waals surface area contributed by atoms with E-state index in [9.17, 15) is 14.4 Å². The fraction of sp³-hybridized carbons (Fsp3) is 0.400. The number of benzene rings is 2. The third-order valence-corrected chi connectivity index (χ3v) is 6.83. The molecule has 3 rings (SSSR count). The first-order valence-corrected chi connectivity index (χ1v) is 12.8. The summed E-state index contributed by atoms with van der Waals surface area (Å²) in [5.41, 5.74) is 2.51. The van der Waals surface area contributed by atoms with Crippen LogP contribution >= 0.6 is 23.4 Å². The molecule has 1 heterocycles. The minimum absolute atomic E-state index is 0.00796. The van der Waals surface area contributed by atoms with Crippen molar-refractivity contribution in [2.45, 2.75) is 12.8 Å². The zero-order valence-corrected chi connectivity index (χ0v) is 20.9. The van der Waals surface area contributed by atoms with E-state index in [1.54, 1.807) is 24.3 Å². The lowest BCUT2D eigenvalue weighted by molar-refractivity contribution is -0.140. The number of halogens is 1. The van der Waals surface area contributed by atoms with E-state index >= 15 is 0 Å². The van der Waals surface area contributed by atoms with E-state index in [0.29, 0.717) is 30.1 Å². The molecule has 2 aromatic rings. The Morgan fingerprint density at radius 3 is 2.32 bits per heavy atom. The lowest BCUT2D eigenvalue weighted by Gasteiger charge is -2.34. The summed E-state index contributed by atoms with van der Waals surface area (Å²) < 4.78 is 4.57. The van der Waals surface area contributed by atoms with E-state index in [0.717, 1.165) is 31.1 Å². The van der Waals surface area contributed by atoms with Gasteiger partial charge in [-0.3, -0.25) is 19.3 Å². The van der Waals surface area contributed by atoms with E-state index in [1.807, 2.05) is 17.0 Å². The Morgan fingerprint density at radius 2 is 1.68 bits per heavy atom. The summed E-state index contributed by atoms with van der Waals surface area (Å²) in [5, 5.41) is 3.56. The molecule has 0 bridgehead atoms. The highest BCUT2D eigenvalue weighted by atomic mass is 35.5. The number of anilines is 1. The van der Waals surface area contributed by atoms with Crippen LogP contribution in [0.1, 0.15) is 22.3 Å². The molecule has 182 valence electrons. The molecule has 0 spiro atoms. The molecule has 1 fully saturated rings. The molecular weight excluding hydrogens is 474 g/mol. The summed E-state index contributed by atoms with van der Waals surface area (Å²) in [6.45, 7) is 4.04. The minimum atomic E-state index is -0.285. The molecule has 0 unspecified atom stereocenters. The predicted octanol–water partition coefficient (Wildman–Crippen LogP) is 3.58. The third-order valence-electron chi connectivity index (χ3n) is 5.62. The largest absolute Gasteiger partial charge is 0.469 e. The molecular formula is C25H30ClN3O4S. The molecule has 1 saturated heterocycles. The number of esters is 1. The van der Waals surface area contributed by atoms with Crippen LogP contribution in [0.4, 0.5) is 5.69 Å². The van der Waals surface area contributed by atoms with Gasteiger partial charge in [0.15, 0.2) is 0 Å². The smallest absolute Gasteiger partial charge is 0.306 e. The summed E-state index contributed by atoms with van der Waals surface area (Å²) >= 11 is 7.31. The molecule has 7 nitrogen and oxygen atoms in total. The van der Waals surface area contributed by atoms with Gasteiger partial charge in [-0.1, -0.05) is 23.7 Å². The number of carbonyl (C=O) groups is 3. The van der Waals surface area contributed by atoms with Crippen molar-refractivity contribution in [1.29, 1.82) is 0 Å². The van der Waals surface area contributed by atoms with Crippen LogP contribution in [0.2, 0.25) is 5.02 Å². The molecule has 34 heavy (non-hydrogen) atoms. The van der Waals surface area contributed by atoms with Gasteiger partial charge in [0.2, 0.25) is 5.91 Å². The Balaban J connectivity index is 1.38. The van der Waals surface area contributed by atoms with E-state index in [4.69, 9.17) is 11.6 Å². The topological polar surface area (TPSA) is 78.9 Å². The van der Waals surface area contributed by atoms with Gasteiger partial charge in [-0.05, 0) is 48.4 Å². The average Bonchev–Trinajstić information content (AvgIpc) is 2.86. The Labute approximate surface area is 209 Å². The molecule has 1 aliphatic rings. The van der Waals surface area contributed by atoms with Gasteiger partial charge in [0, 0.05) is 54.8 Å². The van der Waals surface area contributed by atoms with Crippen LogP contribution in [0.5, 0.6) is 0 Å². The zero-order valence-electron chi connectivity index (χ0n) is 19.3. The number of rotatable bonds is 10. The maximum Gasteiger partial charge on any atom is 0.306 e. The van der Waals surface area contributed by atoms with E-state index in [2.05, 4.69) is 27.1 Å². The van der Waals surface area contributed by atoms with Crippen molar-refractivity contribution < 1.29 is 19.1 Å². The maximum atomic E-state index is 12.9. The van der Waals surface area contributed by atoms with E-state index in [-0.39, 0.29) is 30.0 Å². The number of nitrogens with one attached hydrogen (secondary N) is 1. The Kier molecular flexibility index (Phi) is 10.2. The quantitative estimate of drug-likeness (QED) is 0.394. The van der Waals surface area contributed by atoms with Crippen molar-refractivity contribution >= 4 is 46.8 Å². The highest BCUT2D eigenvalue weighted by Gasteiger charge is 2.22. The second-order valence-corrected chi connectivity index (χ2v) is 9.56. The first kappa shape index (κ1) is 26.1. The summed E-state index contributed by atoms with van der Waals surface area (Å²) in [6, 6.07) is 14.9. The molecule has 9 heteroatoms. The van der Waals surface area contributed by atoms with Gasteiger partial charge in [0.05, 0.1) is 19.3 Å². The van der Waals surface area contributed by atoms with Gasteiger partial charge in [-0.25, -0.2) is 0 Å². The number of piperazine rings is 1. The highest BCUT2D eigenvalue weighted by Crippen LogP contribution is 2.15. The Hall–Kier alpha value is -2.55. The third kappa shape index (κ3) is 8.34. The second kappa shape index (κ2) is 13.4. The van der Waals surface area contributed by atoms with Gasteiger partial charge < -0.3 is 15.0 Å². The fourth-order valence-electron chi connectivity index (χ4n) is 3.61. The lowest BCUT2D eigenvalue weighted by atomic mass is 10.1. The molecule has 0 aromatic heterocycles. The molecule has 0 atom stereocenters. The van der Waals surface area contributed by atoms with Gasteiger partial charge in [0.1, 0.15) is 0 Å². The van der Waals surface area contributed by atoms with Gasteiger partial charge in [0.25, 0.3) is 5.91 Å². The number of carbonyl (C=O) groups excluding carboxylic acids is 3. The van der Waals surface area contributed by atoms with E-state index < -0.39 is 0 Å². The zero-order chi connectivity index (χ0) is 24.3. The number of nitrogens with zero attached hydrogens (tertiary/aromatic N) is 2. The molecule has 1 N–H and O–H groups in total. The molecule has 1 aliphatic heterocycles. The SMILES string of the molecule is COC(=O)CCSCC(=O)Nc1ccc(C(=O)N2CCN(CCc3ccc(Cl)cc3)CC2)cc1. The van der Waals surface area contributed by atoms with Crippen LogP contribution in [-0.4, -0.2) is 78.9 Å². The molecule has 0 saturated carbocycles. The normalized spacial score (nSPS) is 14.0. The van der Waals surface area contributed by atoms with Crippen LogP contribution in [0.25, 0.3) is 0 Å². The fourth-order valence-corrected chi connectivity index (χ4v) is 4.45. The van der Waals surface area contributed by atoms with Crippen LogP contribution < -0.4 is 5.32 Å². The summed E-state index contributed by atoms with van der Waals surface area (Å²) in [6.07, 6.45) is 1.24. The highest BCUT2D eigenvalue weighted by molar-refractivity contribution is 7.99. The summed E-state index contributed by atoms with van der Waals surface area (Å²) in [5.74, 6) is 0.354. The first-order valence-electron chi connectivity index (χ1n) is 11.2. The number of hydrogen-bond acceptors (Lipinski definition) is 6. The second-order valence-electron chi connectivity index (χ2n) is 8.01. The van der Waals surface area contributed by atoms with Crippen molar-refractivity contribution in [2.75, 3.05) is 56.7 Å². The van der Waals surface area contributed by atoms with Crippen molar-refractivity contribution in [3.8, 4) is 0 Å². The van der Waals surface area contributed by atoms with Crippen molar-refractivity contribution in [3.05, 3.63) is 64.7 Å². The van der Waals surface area contributed by atoms with Gasteiger partial charge in [-0.15, -0.1) is 0 Å². The maximum absolute atomic E-state index is 12.9. The monoisotopic (exact) mass is 503 g/mol. The number of thioether (sulfide) groups is 1. The molecule has 0 aliphatic carbocycles. The molecule has 0 radical (unpaired) electrons. The Bertz CT molecular complexity index is 961. The molecule has 2 amide bonds. The van der Waals surface area contributed by atoms with Crippen LogP contribution in [0.15, 0.2) is 48.5 Å². The standard InChI is InChI=1S/C25H30ClN3O4S/c1-33-24(31)11-17-34-18-23(30)27-22-8-4-20(5-9-22)25(32)29-15-13-28(14-16-29)12-10-19-2-6-21(26)7-3-19/h2-9H,10-18H2,1H3,(H,27,30). The van der Waals surface area contributed by atoms with Crippen molar-refractivity contribution in [1.82, 2.24) is 9.80 Å². The summed E-state index contributed by atoms with van der Waals surface area (Å²) in [4.78, 5) is 40.3. The number of methoxy groups -OCH3 is 1. The first-order chi connectivity index (χ1) is 16.4. The number of hydrogen-bond donors (Lipinski definition) is 1. The lowest BCUT2D eigenvalue weighted by Crippen LogP contribution is -2.49. The minimum Gasteiger partial charge on any atom is -0.469 e. The van der Waals surface area contributed by atoms with Crippen LogP contribution in [0, 0.1) is 0 Å².